The smallest absolute Gasteiger partial charge is 0.412 e. The Hall–Kier alpha value is -3.31. The Morgan fingerprint density at radius 1 is 0.905 bits per heavy atom. The third kappa shape index (κ3) is 7.95. The number of ether oxygens (including phenoxy) is 1. The monoisotopic (exact) mass is 597 g/mol. The largest absolute Gasteiger partial charge is 0.416 e. The molecule has 42 heavy (non-hydrogen) atoms. The Labute approximate surface area is 242 Å². The Balaban J connectivity index is 1.75. The first-order valence-corrected chi connectivity index (χ1v) is 14.4. The number of nitrogens with zero attached hydrogens (tertiary/aromatic N) is 3. The molecule has 6 nitrogen and oxygen atoms in total. The quantitative estimate of drug-likeness (QED) is 0.184. The van der Waals surface area contributed by atoms with Crippen molar-refractivity contribution in [1.29, 1.82) is 10.8 Å². The van der Waals surface area contributed by atoms with Gasteiger partial charge in [0.25, 0.3) is 6.02 Å². The standard InChI is InChI=1S/C30H37F6N5O/c1-3-40(16-20-8-4-5-9-20)27-23(14-22-10-6-7-11-26(22)39-27)18-41(28(38)42-19(2)37)17-21-12-24(29(31,32)33)15-25(13-21)30(34,35)36/h12-15,20,37-38H,3-11,16-18H2,1-2H3. The summed E-state index contributed by atoms with van der Waals surface area (Å²) < 4.78 is 86.6. The topological polar surface area (TPSA) is 76.3 Å². The predicted octanol–water partition coefficient (Wildman–Crippen LogP) is 7.97. The van der Waals surface area contributed by atoms with Gasteiger partial charge >= 0.3 is 12.4 Å². The molecule has 2 aliphatic rings. The van der Waals surface area contributed by atoms with E-state index in [4.69, 9.17) is 20.5 Å². The lowest BCUT2D eigenvalue weighted by atomic mass is 9.94. The lowest BCUT2D eigenvalue weighted by Crippen LogP contribution is -2.35. The molecular formula is C30H37F6N5O. The summed E-state index contributed by atoms with van der Waals surface area (Å²) in [6.07, 6.45) is -1.72. The number of benzene rings is 1. The van der Waals surface area contributed by atoms with Crippen molar-refractivity contribution in [1.82, 2.24) is 9.88 Å². The molecule has 0 spiro atoms. The first-order chi connectivity index (χ1) is 19.7. The zero-order chi connectivity index (χ0) is 30.7. The van der Waals surface area contributed by atoms with E-state index in [0.717, 1.165) is 67.7 Å². The van der Waals surface area contributed by atoms with Crippen molar-refractivity contribution in [2.24, 2.45) is 5.92 Å². The first-order valence-electron chi connectivity index (χ1n) is 14.4. The number of hydrogen-bond donors (Lipinski definition) is 2. The highest BCUT2D eigenvalue weighted by Gasteiger charge is 2.37. The number of amidine groups is 1. The molecule has 1 aromatic heterocycles. The second-order valence-corrected chi connectivity index (χ2v) is 11.2. The average molecular weight is 598 g/mol. The molecule has 0 amide bonds. The molecule has 1 aromatic carbocycles. The van der Waals surface area contributed by atoms with Crippen molar-refractivity contribution < 1.29 is 31.1 Å². The second kappa shape index (κ2) is 12.9. The summed E-state index contributed by atoms with van der Waals surface area (Å²) in [5, 5.41) is 16.2. The van der Waals surface area contributed by atoms with Crippen molar-refractivity contribution in [2.45, 2.75) is 90.7 Å². The number of anilines is 1. The van der Waals surface area contributed by atoms with E-state index in [-0.39, 0.29) is 24.1 Å². The molecule has 2 aliphatic carbocycles. The van der Waals surface area contributed by atoms with Gasteiger partial charge in [-0.05, 0) is 86.8 Å². The van der Waals surface area contributed by atoms with Crippen molar-refractivity contribution in [2.75, 3.05) is 18.0 Å². The molecule has 1 fully saturated rings. The molecule has 0 atom stereocenters. The molecule has 0 saturated heterocycles. The summed E-state index contributed by atoms with van der Waals surface area (Å²) in [6, 6.07) is 2.88. The Kier molecular flexibility index (Phi) is 9.72. The van der Waals surface area contributed by atoms with Crippen LogP contribution < -0.4 is 4.90 Å². The highest BCUT2D eigenvalue weighted by molar-refractivity contribution is 5.86. The Morgan fingerprint density at radius 3 is 2.10 bits per heavy atom. The predicted molar refractivity (Wildman–Crippen MR) is 149 cm³/mol. The highest BCUT2D eigenvalue weighted by Crippen LogP contribution is 2.37. The van der Waals surface area contributed by atoms with Gasteiger partial charge in [0.1, 0.15) is 5.82 Å². The molecule has 230 valence electrons. The number of nitrogens with one attached hydrogen (secondary N) is 2. The van der Waals surface area contributed by atoms with Gasteiger partial charge < -0.3 is 14.5 Å². The second-order valence-electron chi connectivity index (χ2n) is 11.2. The molecule has 0 radical (unpaired) electrons. The van der Waals surface area contributed by atoms with Gasteiger partial charge in [-0.15, -0.1) is 0 Å². The van der Waals surface area contributed by atoms with Gasteiger partial charge in [-0.25, -0.2) is 4.98 Å². The minimum atomic E-state index is -4.99. The lowest BCUT2D eigenvalue weighted by molar-refractivity contribution is -0.143. The first kappa shape index (κ1) is 31.6. The van der Waals surface area contributed by atoms with Crippen LogP contribution in [-0.2, 0) is 43.0 Å². The molecule has 12 heteroatoms. The van der Waals surface area contributed by atoms with E-state index in [9.17, 15) is 26.3 Å². The SMILES string of the molecule is CCN(CC1CCCC1)c1nc2c(cc1CN(Cc1cc(C(F)(F)F)cc(C(F)(F)F)c1)C(=N)OC(C)=N)CCCC2. The molecular weight excluding hydrogens is 560 g/mol. The van der Waals surface area contributed by atoms with E-state index < -0.39 is 36.0 Å². The fourth-order valence-electron chi connectivity index (χ4n) is 5.88. The van der Waals surface area contributed by atoms with E-state index in [2.05, 4.69) is 4.90 Å². The third-order valence-electron chi connectivity index (χ3n) is 7.91. The summed E-state index contributed by atoms with van der Waals surface area (Å²) in [5.41, 5.74) is -0.342. The van der Waals surface area contributed by atoms with E-state index in [1.165, 1.54) is 24.7 Å². The van der Waals surface area contributed by atoms with Crippen LogP contribution in [0.1, 0.15) is 85.9 Å². The fourth-order valence-corrected chi connectivity index (χ4v) is 5.88. The maximum absolute atomic E-state index is 13.6. The molecule has 0 aliphatic heterocycles. The van der Waals surface area contributed by atoms with Gasteiger partial charge in [0.15, 0.2) is 5.90 Å². The van der Waals surface area contributed by atoms with Gasteiger partial charge in [-0.2, -0.15) is 26.3 Å². The van der Waals surface area contributed by atoms with Crippen molar-refractivity contribution in [3.8, 4) is 0 Å². The third-order valence-corrected chi connectivity index (χ3v) is 7.91. The van der Waals surface area contributed by atoms with Crippen LogP contribution in [0.2, 0.25) is 0 Å². The van der Waals surface area contributed by atoms with Gasteiger partial charge in [0, 0.05) is 37.8 Å². The number of alkyl halides is 6. The van der Waals surface area contributed by atoms with E-state index in [0.29, 0.717) is 24.6 Å². The molecule has 2 aromatic rings. The fraction of sp³-hybridized carbons (Fsp3) is 0.567. The maximum Gasteiger partial charge on any atom is 0.416 e. The zero-order valence-electron chi connectivity index (χ0n) is 23.9. The molecule has 0 unspecified atom stereocenters. The molecule has 0 bridgehead atoms. The number of aryl methyl sites for hydroxylation is 2. The molecule has 1 saturated carbocycles. The van der Waals surface area contributed by atoms with Gasteiger partial charge in [-0.1, -0.05) is 12.8 Å². The summed E-state index contributed by atoms with van der Waals surface area (Å²) in [4.78, 5) is 8.50. The van der Waals surface area contributed by atoms with E-state index >= 15 is 0 Å². The van der Waals surface area contributed by atoms with E-state index in [1.54, 1.807) is 0 Å². The van der Waals surface area contributed by atoms with Crippen LogP contribution in [0, 0.1) is 16.7 Å². The van der Waals surface area contributed by atoms with Crippen LogP contribution >= 0.6 is 0 Å². The number of fused-ring (bicyclic) bond motifs is 1. The van der Waals surface area contributed by atoms with Crippen LogP contribution in [0.5, 0.6) is 0 Å². The zero-order valence-corrected chi connectivity index (χ0v) is 23.9. The summed E-state index contributed by atoms with van der Waals surface area (Å²) >= 11 is 0. The van der Waals surface area contributed by atoms with Crippen LogP contribution in [-0.4, -0.2) is 34.9 Å². The highest BCUT2D eigenvalue weighted by atomic mass is 19.4. The van der Waals surface area contributed by atoms with Crippen LogP contribution in [0.25, 0.3) is 0 Å². The van der Waals surface area contributed by atoms with Crippen LogP contribution in [0.3, 0.4) is 0 Å². The molecule has 2 N–H and O–H groups in total. The number of aromatic nitrogens is 1. The van der Waals surface area contributed by atoms with Gasteiger partial charge in [0.2, 0.25) is 0 Å². The van der Waals surface area contributed by atoms with Gasteiger partial charge in [-0.3, -0.25) is 10.8 Å². The summed E-state index contributed by atoms with van der Waals surface area (Å²) in [5.74, 6) is 0.902. The minimum Gasteiger partial charge on any atom is -0.412 e. The molecule has 4 rings (SSSR count). The van der Waals surface area contributed by atoms with E-state index in [1.807, 2.05) is 13.0 Å². The normalized spacial score (nSPS) is 15.8. The molecule has 1 heterocycles. The summed E-state index contributed by atoms with van der Waals surface area (Å²) in [6.45, 7) is 4.29. The maximum atomic E-state index is 13.6. The van der Waals surface area contributed by atoms with Crippen molar-refractivity contribution >= 4 is 17.7 Å². The number of hydrogen-bond acceptors (Lipinski definition) is 5. The van der Waals surface area contributed by atoms with Crippen LogP contribution in [0.15, 0.2) is 24.3 Å². The number of halogens is 6. The number of rotatable bonds is 8. The van der Waals surface area contributed by atoms with Crippen molar-refractivity contribution in [3.63, 3.8) is 0 Å². The minimum absolute atomic E-state index is 0.0412. The van der Waals surface area contributed by atoms with Gasteiger partial charge in [0.05, 0.1) is 17.7 Å². The number of pyridine rings is 1. The average Bonchev–Trinajstić information content (AvgIpc) is 3.43. The summed E-state index contributed by atoms with van der Waals surface area (Å²) in [7, 11) is 0. The Bertz CT molecular complexity index is 1250. The van der Waals surface area contributed by atoms with Crippen molar-refractivity contribution in [3.05, 3.63) is 57.8 Å². The van der Waals surface area contributed by atoms with Crippen LogP contribution in [0.4, 0.5) is 32.2 Å². The Morgan fingerprint density at radius 2 is 1.52 bits per heavy atom. The lowest BCUT2D eigenvalue weighted by Gasteiger charge is -2.32.